The molecule has 1 unspecified atom stereocenters. The number of hydrogen-bond acceptors (Lipinski definition) is 5. The third-order valence-corrected chi connectivity index (χ3v) is 5.93. The highest BCUT2D eigenvalue weighted by molar-refractivity contribution is 8.00. The first kappa shape index (κ1) is 24.0. The van der Waals surface area contributed by atoms with Crippen LogP contribution in [0.15, 0.2) is 53.3 Å². The molecule has 162 valence electrons. The van der Waals surface area contributed by atoms with Crippen LogP contribution in [0.1, 0.15) is 58.9 Å². The van der Waals surface area contributed by atoms with E-state index in [1.165, 1.54) is 0 Å². The molecule has 0 fully saturated rings. The Kier molecular flexibility index (Phi) is 9.89. The maximum Gasteiger partial charge on any atom is 0.102 e. The molecule has 30 heavy (non-hydrogen) atoms. The molecule has 1 aromatic rings. The van der Waals surface area contributed by atoms with E-state index in [9.17, 15) is 5.26 Å². The summed E-state index contributed by atoms with van der Waals surface area (Å²) in [6, 6.07) is 11.2. The van der Waals surface area contributed by atoms with Crippen LogP contribution in [-0.2, 0) is 4.74 Å². The molecule has 3 rings (SSSR count). The lowest BCUT2D eigenvalue weighted by molar-refractivity contribution is 0.260. The fourth-order valence-electron chi connectivity index (χ4n) is 3.90. The number of nitrogens with one attached hydrogen (secondary N) is 1. The summed E-state index contributed by atoms with van der Waals surface area (Å²) >= 11 is 1.68. The Bertz CT molecular complexity index is 835. The summed E-state index contributed by atoms with van der Waals surface area (Å²) < 4.78 is 8.86. The molecule has 5 heteroatoms. The van der Waals surface area contributed by atoms with Crippen molar-refractivity contribution < 1.29 is 4.74 Å². The van der Waals surface area contributed by atoms with Gasteiger partial charge in [-0.2, -0.15) is 5.26 Å². The molecule has 0 spiro atoms. The Labute approximate surface area is 186 Å². The number of nitrogens with zero attached hydrogens (tertiary/aromatic N) is 2. The van der Waals surface area contributed by atoms with E-state index in [0.717, 1.165) is 71.8 Å². The number of anilines is 1. The van der Waals surface area contributed by atoms with Crippen molar-refractivity contribution in [1.29, 1.82) is 5.26 Å². The van der Waals surface area contributed by atoms with Crippen molar-refractivity contribution in [3.63, 3.8) is 0 Å². The fourth-order valence-corrected chi connectivity index (χ4v) is 4.34. The van der Waals surface area contributed by atoms with Crippen LogP contribution in [0.2, 0.25) is 0 Å². The van der Waals surface area contributed by atoms with Gasteiger partial charge in [-0.1, -0.05) is 64.3 Å². The molecule has 0 saturated heterocycles. The van der Waals surface area contributed by atoms with Gasteiger partial charge in [0.25, 0.3) is 0 Å². The molecule has 1 aliphatic carbocycles. The number of benzene rings is 1. The molecule has 1 atom stereocenters. The van der Waals surface area contributed by atoms with E-state index in [2.05, 4.69) is 59.9 Å². The lowest BCUT2D eigenvalue weighted by Gasteiger charge is -2.30. The SMILES string of the molecule is CC.CCCCN1C(c2cccc(NSCC)c2)=C(C#N)C2=CC=C(OC)CCC21. The van der Waals surface area contributed by atoms with Crippen LogP contribution in [0, 0.1) is 11.3 Å². The summed E-state index contributed by atoms with van der Waals surface area (Å²) in [5.41, 5.74) is 5.19. The van der Waals surface area contributed by atoms with Crippen molar-refractivity contribution in [3.05, 3.63) is 58.9 Å². The van der Waals surface area contributed by atoms with Gasteiger partial charge in [-0.25, -0.2) is 0 Å². The quantitative estimate of drug-likeness (QED) is 0.466. The Morgan fingerprint density at radius 2 is 2.07 bits per heavy atom. The summed E-state index contributed by atoms with van der Waals surface area (Å²) in [6.07, 6.45) is 8.23. The van der Waals surface area contributed by atoms with E-state index in [1.807, 2.05) is 19.9 Å². The topological polar surface area (TPSA) is 48.3 Å². The van der Waals surface area contributed by atoms with E-state index in [4.69, 9.17) is 4.74 Å². The molecule has 2 aliphatic rings. The van der Waals surface area contributed by atoms with Crippen LogP contribution < -0.4 is 4.72 Å². The molecule has 0 bridgehead atoms. The summed E-state index contributed by atoms with van der Waals surface area (Å²) in [5, 5.41) is 10.1. The van der Waals surface area contributed by atoms with Crippen LogP contribution in [0.25, 0.3) is 5.70 Å². The standard InChI is InChI=1S/C23H29N3OS.C2H6/c1-4-6-14-26-22-13-11-19(27-3)10-12-20(22)21(16-24)23(26)17-8-7-9-18(15-17)25-28-5-2;1-2/h7-10,12,15,22,25H,4-6,11,13-14H2,1-3H3;1-2H3. The van der Waals surface area contributed by atoms with Gasteiger partial charge in [0.2, 0.25) is 0 Å². The van der Waals surface area contributed by atoms with Gasteiger partial charge in [0.15, 0.2) is 0 Å². The third kappa shape index (κ3) is 5.43. The van der Waals surface area contributed by atoms with Crippen LogP contribution in [0.5, 0.6) is 0 Å². The van der Waals surface area contributed by atoms with E-state index in [0.29, 0.717) is 0 Å². The van der Waals surface area contributed by atoms with Crippen molar-refractivity contribution >= 4 is 23.3 Å². The van der Waals surface area contributed by atoms with Gasteiger partial charge in [0.1, 0.15) is 6.07 Å². The van der Waals surface area contributed by atoms with Crippen LogP contribution in [-0.4, -0.2) is 30.3 Å². The van der Waals surface area contributed by atoms with Crippen LogP contribution >= 0.6 is 11.9 Å². The molecule has 1 heterocycles. The maximum absolute atomic E-state index is 10.1. The minimum absolute atomic E-state index is 0.238. The number of hydrogen-bond donors (Lipinski definition) is 1. The van der Waals surface area contributed by atoms with Gasteiger partial charge in [-0.05, 0) is 36.6 Å². The highest BCUT2D eigenvalue weighted by Crippen LogP contribution is 2.43. The average Bonchev–Trinajstić information content (AvgIpc) is 2.93. The first-order valence-corrected chi connectivity index (χ1v) is 12.1. The Morgan fingerprint density at radius 3 is 2.73 bits per heavy atom. The van der Waals surface area contributed by atoms with Crippen LogP contribution in [0.3, 0.4) is 0 Å². The van der Waals surface area contributed by atoms with Crippen molar-refractivity contribution in [2.24, 2.45) is 0 Å². The normalized spacial score (nSPS) is 17.7. The predicted molar refractivity (Wildman–Crippen MR) is 130 cm³/mol. The Morgan fingerprint density at radius 1 is 1.27 bits per heavy atom. The Hall–Kier alpha value is -2.32. The molecule has 1 aromatic carbocycles. The molecule has 0 saturated carbocycles. The third-order valence-electron chi connectivity index (χ3n) is 5.26. The Balaban J connectivity index is 0.00000155. The summed E-state index contributed by atoms with van der Waals surface area (Å²) in [7, 11) is 1.72. The smallest absolute Gasteiger partial charge is 0.102 e. The highest BCUT2D eigenvalue weighted by Gasteiger charge is 2.37. The summed E-state index contributed by atoms with van der Waals surface area (Å²) in [5.74, 6) is 1.99. The van der Waals surface area contributed by atoms with E-state index in [-0.39, 0.29) is 6.04 Å². The highest BCUT2D eigenvalue weighted by atomic mass is 32.2. The number of allylic oxidation sites excluding steroid dienone is 3. The maximum atomic E-state index is 10.1. The van der Waals surface area contributed by atoms with Crippen molar-refractivity contribution in [1.82, 2.24) is 4.90 Å². The zero-order chi connectivity index (χ0) is 21.9. The van der Waals surface area contributed by atoms with Crippen LogP contribution in [0.4, 0.5) is 5.69 Å². The van der Waals surface area contributed by atoms with Crippen molar-refractivity contribution in [2.45, 2.75) is 59.4 Å². The molecule has 1 N–H and O–H groups in total. The molecule has 0 radical (unpaired) electrons. The number of nitriles is 1. The van der Waals surface area contributed by atoms with Gasteiger partial charge in [0, 0.05) is 30.0 Å². The second-order valence-electron chi connectivity index (χ2n) is 7.01. The fraction of sp³-hybridized carbons (Fsp3) is 0.480. The molecular weight excluding hydrogens is 390 g/mol. The van der Waals surface area contributed by atoms with Crippen molar-refractivity contribution in [3.8, 4) is 6.07 Å². The van der Waals surface area contributed by atoms with E-state index >= 15 is 0 Å². The first-order valence-electron chi connectivity index (χ1n) is 11.1. The average molecular weight is 426 g/mol. The minimum Gasteiger partial charge on any atom is -0.501 e. The summed E-state index contributed by atoms with van der Waals surface area (Å²) in [4.78, 5) is 2.45. The van der Waals surface area contributed by atoms with Gasteiger partial charge < -0.3 is 14.4 Å². The lowest BCUT2D eigenvalue weighted by Crippen LogP contribution is -2.31. The van der Waals surface area contributed by atoms with Crippen molar-refractivity contribution in [2.75, 3.05) is 24.1 Å². The number of methoxy groups -OCH3 is 1. The second kappa shape index (κ2) is 12.4. The minimum atomic E-state index is 0.238. The monoisotopic (exact) mass is 425 g/mol. The molecular formula is C25H35N3OS. The molecule has 4 nitrogen and oxygen atoms in total. The van der Waals surface area contributed by atoms with Gasteiger partial charge >= 0.3 is 0 Å². The molecule has 1 aliphatic heterocycles. The zero-order valence-corrected chi connectivity index (χ0v) is 19.8. The summed E-state index contributed by atoms with van der Waals surface area (Å²) in [6.45, 7) is 9.30. The zero-order valence-electron chi connectivity index (χ0n) is 19.0. The number of fused-ring (bicyclic) bond motifs is 1. The van der Waals surface area contributed by atoms with E-state index in [1.54, 1.807) is 19.1 Å². The van der Waals surface area contributed by atoms with Gasteiger partial charge in [-0.3, -0.25) is 0 Å². The second-order valence-corrected chi connectivity index (χ2v) is 8.08. The largest absolute Gasteiger partial charge is 0.501 e. The molecule has 0 aromatic heterocycles. The van der Waals surface area contributed by atoms with Gasteiger partial charge in [0.05, 0.1) is 30.2 Å². The van der Waals surface area contributed by atoms with Gasteiger partial charge in [-0.15, -0.1) is 0 Å². The first-order chi connectivity index (χ1) is 14.7. The lowest BCUT2D eigenvalue weighted by atomic mass is 9.99. The number of ether oxygens (including phenoxy) is 1. The number of rotatable bonds is 8. The molecule has 0 amide bonds. The number of unbranched alkanes of at least 4 members (excludes halogenated alkanes) is 1. The van der Waals surface area contributed by atoms with E-state index < -0.39 is 0 Å². The predicted octanol–water partition coefficient (Wildman–Crippen LogP) is 6.76.